The zero-order chi connectivity index (χ0) is 24.4. The number of nitrogens with one attached hydrogen (secondary N) is 1. The Bertz CT molecular complexity index is 1120. The maximum Gasteiger partial charge on any atom is 0.204 e. The molecular weight excluding hydrogens is 449 g/mol. The molecular formula is C27H32FN3O4. The quantitative estimate of drug-likeness (QED) is 0.596. The van der Waals surface area contributed by atoms with Crippen molar-refractivity contribution in [1.82, 2.24) is 10.4 Å². The van der Waals surface area contributed by atoms with Gasteiger partial charge >= 0.3 is 0 Å². The van der Waals surface area contributed by atoms with Gasteiger partial charge in [-0.3, -0.25) is 10.4 Å². The molecule has 3 heterocycles. The lowest BCUT2D eigenvalue weighted by molar-refractivity contribution is -0.0914. The van der Waals surface area contributed by atoms with Crippen LogP contribution in [0.15, 0.2) is 53.0 Å². The maximum atomic E-state index is 13.7. The number of fused-ring (bicyclic) bond motifs is 1. The summed E-state index contributed by atoms with van der Waals surface area (Å²) in [5.74, 6) is 1.90. The van der Waals surface area contributed by atoms with Crippen LogP contribution in [0.3, 0.4) is 0 Å². The molecule has 7 nitrogen and oxygen atoms in total. The van der Waals surface area contributed by atoms with E-state index in [0.29, 0.717) is 31.2 Å². The first-order chi connectivity index (χ1) is 16.9. The van der Waals surface area contributed by atoms with Crippen LogP contribution in [0, 0.1) is 5.82 Å². The molecule has 35 heavy (non-hydrogen) atoms. The molecule has 0 spiro atoms. The minimum Gasteiger partial charge on any atom is -0.493 e. The molecule has 1 unspecified atom stereocenters. The van der Waals surface area contributed by atoms with E-state index in [1.807, 2.05) is 30.3 Å². The van der Waals surface area contributed by atoms with Gasteiger partial charge in [-0.1, -0.05) is 12.1 Å². The molecule has 5 rings (SSSR count). The fourth-order valence-corrected chi connectivity index (χ4v) is 4.66. The molecule has 3 aliphatic heterocycles. The first-order valence-electron chi connectivity index (χ1n) is 12.2. The van der Waals surface area contributed by atoms with E-state index in [1.54, 1.807) is 13.8 Å². The average molecular weight is 482 g/mol. The van der Waals surface area contributed by atoms with Gasteiger partial charge in [-0.05, 0) is 86.8 Å². The predicted molar refractivity (Wildman–Crippen MR) is 132 cm³/mol. The van der Waals surface area contributed by atoms with E-state index >= 15 is 0 Å². The molecule has 186 valence electrons. The first kappa shape index (κ1) is 23.8. The number of hydrogen-bond acceptors (Lipinski definition) is 7. The molecule has 1 saturated heterocycles. The van der Waals surface area contributed by atoms with Crippen molar-refractivity contribution in [3.63, 3.8) is 0 Å². The van der Waals surface area contributed by atoms with Gasteiger partial charge in [0.15, 0.2) is 0 Å². The predicted octanol–water partition coefficient (Wildman–Crippen LogP) is 3.92. The van der Waals surface area contributed by atoms with Crippen molar-refractivity contribution in [2.75, 3.05) is 32.8 Å². The summed E-state index contributed by atoms with van der Waals surface area (Å²) in [6, 6.07) is 12.5. The number of halogens is 1. The number of ether oxygens (including phenoxy) is 2. The largest absolute Gasteiger partial charge is 0.493 e. The molecule has 8 heteroatoms. The summed E-state index contributed by atoms with van der Waals surface area (Å²) in [5.41, 5.74) is 5.92. The van der Waals surface area contributed by atoms with E-state index in [0.717, 1.165) is 42.1 Å². The Morgan fingerprint density at radius 2 is 1.94 bits per heavy atom. The van der Waals surface area contributed by atoms with Crippen molar-refractivity contribution >= 4 is 11.4 Å². The van der Waals surface area contributed by atoms with Crippen molar-refractivity contribution in [2.45, 2.75) is 44.9 Å². The van der Waals surface area contributed by atoms with Crippen LogP contribution in [0.25, 0.3) is 5.57 Å². The third kappa shape index (κ3) is 5.50. The van der Waals surface area contributed by atoms with E-state index in [4.69, 9.17) is 14.3 Å². The summed E-state index contributed by atoms with van der Waals surface area (Å²) in [5, 5.41) is 10.1. The second-order valence-corrected chi connectivity index (χ2v) is 9.82. The number of nitrogens with zero attached hydrogens (tertiary/aromatic N) is 2. The lowest BCUT2D eigenvalue weighted by atomic mass is 9.90. The lowest BCUT2D eigenvalue weighted by Crippen LogP contribution is -2.36. The van der Waals surface area contributed by atoms with E-state index in [2.05, 4.69) is 15.4 Å². The summed E-state index contributed by atoms with van der Waals surface area (Å²) in [4.78, 5) is 12.2. The number of aliphatic imine (C=N–C) groups is 1. The number of amidine groups is 1. The topological polar surface area (TPSA) is 75.6 Å². The third-order valence-corrected chi connectivity index (χ3v) is 6.50. The fraction of sp³-hybridized carbons (Fsp3) is 0.444. The molecule has 1 fully saturated rings. The number of hydroxylamine groups is 1. The van der Waals surface area contributed by atoms with Crippen molar-refractivity contribution in [2.24, 2.45) is 4.99 Å². The van der Waals surface area contributed by atoms with Crippen molar-refractivity contribution in [3.8, 4) is 11.5 Å². The average Bonchev–Trinajstić information content (AvgIpc) is 3.52. The minimum absolute atomic E-state index is 0.251. The molecule has 0 saturated carbocycles. The second-order valence-electron chi connectivity index (χ2n) is 9.82. The highest BCUT2D eigenvalue weighted by Gasteiger charge is 2.32. The Morgan fingerprint density at radius 1 is 1.17 bits per heavy atom. The van der Waals surface area contributed by atoms with Crippen molar-refractivity contribution in [1.29, 1.82) is 0 Å². The van der Waals surface area contributed by atoms with Crippen LogP contribution in [0.4, 0.5) is 4.39 Å². The van der Waals surface area contributed by atoms with Gasteiger partial charge in [0.2, 0.25) is 6.23 Å². The lowest BCUT2D eigenvalue weighted by Gasteiger charge is -2.28. The molecule has 1 atom stereocenters. The van der Waals surface area contributed by atoms with E-state index in [9.17, 15) is 9.50 Å². The van der Waals surface area contributed by atoms with E-state index in [1.165, 1.54) is 30.5 Å². The smallest absolute Gasteiger partial charge is 0.204 e. The molecule has 2 N–H and O–H groups in total. The highest BCUT2D eigenvalue weighted by molar-refractivity contribution is 5.87. The highest BCUT2D eigenvalue weighted by atomic mass is 19.1. The first-order valence-corrected chi connectivity index (χ1v) is 12.2. The Kier molecular flexibility index (Phi) is 6.77. The monoisotopic (exact) mass is 481 g/mol. The fourth-order valence-electron chi connectivity index (χ4n) is 4.66. The summed E-state index contributed by atoms with van der Waals surface area (Å²) in [6.45, 7) is 7.24. The normalized spacial score (nSPS) is 20.3. The van der Waals surface area contributed by atoms with Gasteiger partial charge < -0.3 is 14.6 Å². The van der Waals surface area contributed by atoms with Crippen LogP contribution in [-0.2, 0) is 4.84 Å². The van der Waals surface area contributed by atoms with Gasteiger partial charge in [-0.25, -0.2) is 14.2 Å². The SMILES string of the molecule is CC(C)(O)C1N=C(CCOc2ccc3c(c2)C(c2ccc(F)cc2)=C(CN2CCCC2)CO3)NO1. The molecule has 2 aromatic rings. The molecule has 0 amide bonds. The molecule has 0 bridgehead atoms. The maximum absolute atomic E-state index is 13.7. The van der Waals surface area contributed by atoms with Gasteiger partial charge in [0, 0.05) is 18.5 Å². The van der Waals surface area contributed by atoms with Crippen LogP contribution in [0.2, 0.25) is 0 Å². The summed E-state index contributed by atoms with van der Waals surface area (Å²) >= 11 is 0. The van der Waals surface area contributed by atoms with Crippen LogP contribution in [0.1, 0.15) is 44.2 Å². The van der Waals surface area contributed by atoms with Crippen LogP contribution in [0.5, 0.6) is 11.5 Å². The van der Waals surface area contributed by atoms with Gasteiger partial charge in [-0.2, -0.15) is 0 Å². The molecule has 2 aromatic carbocycles. The van der Waals surface area contributed by atoms with Gasteiger partial charge in [-0.15, -0.1) is 0 Å². The Balaban J connectivity index is 1.36. The second kappa shape index (κ2) is 9.97. The summed E-state index contributed by atoms with van der Waals surface area (Å²) in [6.07, 6.45) is 2.31. The molecule has 0 radical (unpaired) electrons. The summed E-state index contributed by atoms with van der Waals surface area (Å²) in [7, 11) is 0. The molecule has 3 aliphatic rings. The van der Waals surface area contributed by atoms with Crippen molar-refractivity contribution < 1.29 is 23.8 Å². The van der Waals surface area contributed by atoms with Crippen LogP contribution in [-0.4, -0.2) is 60.5 Å². The standard InChI is InChI=1S/C27H32FN3O4/c1-27(2,32)26-29-24(30-35-26)11-14-33-21-9-10-23-22(15-21)25(18-5-7-20(28)8-6-18)19(17-34-23)16-31-12-3-4-13-31/h5-10,15,26,32H,3-4,11-14,16-17H2,1-2H3,(H,29,30). The Morgan fingerprint density at radius 3 is 2.66 bits per heavy atom. The van der Waals surface area contributed by atoms with Crippen LogP contribution < -0.4 is 15.0 Å². The Labute approximate surface area is 205 Å². The third-order valence-electron chi connectivity index (χ3n) is 6.50. The van der Waals surface area contributed by atoms with E-state index in [-0.39, 0.29) is 5.82 Å². The zero-order valence-electron chi connectivity index (χ0n) is 20.2. The highest BCUT2D eigenvalue weighted by Crippen LogP contribution is 2.40. The number of benzene rings is 2. The molecule has 0 aliphatic carbocycles. The number of rotatable bonds is 8. The number of likely N-dealkylation sites (tertiary alicyclic amines) is 1. The zero-order valence-corrected chi connectivity index (χ0v) is 20.2. The molecule has 0 aromatic heterocycles. The summed E-state index contributed by atoms with van der Waals surface area (Å²) < 4.78 is 25.9. The number of aliphatic hydroxyl groups is 1. The Hall–Kier alpha value is -2.94. The van der Waals surface area contributed by atoms with E-state index < -0.39 is 11.8 Å². The van der Waals surface area contributed by atoms with Gasteiger partial charge in [0.25, 0.3) is 0 Å². The van der Waals surface area contributed by atoms with Crippen LogP contribution >= 0.6 is 0 Å². The van der Waals surface area contributed by atoms with Gasteiger partial charge in [0.1, 0.15) is 35.4 Å². The van der Waals surface area contributed by atoms with Gasteiger partial charge in [0.05, 0.1) is 6.61 Å². The minimum atomic E-state index is -1.07. The van der Waals surface area contributed by atoms with Crippen molar-refractivity contribution in [3.05, 3.63) is 65.0 Å². The number of hydrogen-bond donors (Lipinski definition) is 2.